The molecule has 2 aromatic heterocycles. The van der Waals surface area contributed by atoms with E-state index in [1.807, 2.05) is 6.07 Å². The van der Waals surface area contributed by atoms with Gasteiger partial charge in [-0.15, -0.1) is 0 Å². The summed E-state index contributed by atoms with van der Waals surface area (Å²) in [5.41, 5.74) is 1.78. The number of nitrogens with zero attached hydrogens (tertiary/aromatic N) is 5. The van der Waals surface area contributed by atoms with Gasteiger partial charge in [-0.25, -0.2) is 0 Å². The van der Waals surface area contributed by atoms with Crippen molar-refractivity contribution in [2.75, 3.05) is 5.32 Å². The maximum atomic E-state index is 12.1. The first-order valence-corrected chi connectivity index (χ1v) is 9.02. The molecule has 0 saturated heterocycles. The Balaban J connectivity index is 1.41. The second kappa shape index (κ2) is 8.13. The minimum absolute atomic E-state index is 0.149. The number of halogens is 1. The summed E-state index contributed by atoms with van der Waals surface area (Å²) in [6.07, 6.45) is 2.28. The highest BCUT2D eigenvalue weighted by Gasteiger charge is 2.13. The fraction of sp³-hybridized carbons (Fsp3) is 0.0526. The van der Waals surface area contributed by atoms with Gasteiger partial charge in [-0.05, 0) is 42.5 Å². The average molecular weight is 425 g/mol. The zero-order chi connectivity index (χ0) is 21.1. The Morgan fingerprint density at radius 3 is 2.70 bits per heavy atom. The maximum Gasteiger partial charge on any atom is 0.307 e. The highest BCUT2D eigenvalue weighted by atomic mass is 35.5. The van der Waals surface area contributed by atoms with E-state index in [2.05, 4.69) is 20.6 Å². The number of hydrogen-bond donors (Lipinski definition) is 1. The van der Waals surface area contributed by atoms with E-state index in [0.29, 0.717) is 33.6 Å². The predicted octanol–water partition coefficient (Wildman–Crippen LogP) is 3.80. The van der Waals surface area contributed by atoms with Gasteiger partial charge in [0, 0.05) is 21.8 Å². The van der Waals surface area contributed by atoms with E-state index in [-0.39, 0.29) is 18.1 Å². The largest absolute Gasteiger partial charge is 0.334 e. The molecule has 0 bridgehead atoms. The molecule has 0 spiro atoms. The van der Waals surface area contributed by atoms with E-state index in [9.17, 15) is 14.9 Å². The molecule has 30 heavy (non-hydrogen) atoms. The van der Waals surface area contributed by atoms with Crippen LogP contribution in [0.25, 0.3) is 22.8 Å². The highest BCUT2D eigenvalue weighted by molar-refractivity contribution is 6.30. The second-order valence-electron chi connectivity index (χ2n) is 6.21. The van der Waals surface area contributed by atoms with Crippen LogP contribution >= 0.6 is 11.6 Å². The van der Waals surface area contributed by atoms with Crippen LogP contribution in [0.1, 0.15) is 0 Å². The normalized spacial score (nSPS) is 10.7. The summed E-state index contributed by atoms with van der Waals surface area (Å²) in [5, 5.41) is 21.7. The van der Waals surface area contributed by atoms with Gasteiger partial charge in [0.1, 0.15) is 18.9 Å². The monoisotopic (exact) mass is 424 g/mol. The number of nitro groups is 1. The third-order valence-corrected chi connectivity index (χ3v) is 4.30. The lowest BCUT2D eigenvalue weighted by Crippen LogP contribution is -2.18. The molecule has 4 aromatic rings. The van der Waals surface area contributed by atoms with E-state index < -0.39 is 4.92 Å². The van der Waals surface area contributed by atoms with Crippen LogP contribution in [0, 0.1) is 10.1 Å². The average Bonchev–Trinajstić information content (AvgIpc) is 3.38. The molecule has 1 N–H and O–H groups in total. The maximum absolute atomic E-state index is 12.1. The molecule has 4 rings (SSSR count). The standard InChI is InChI=1S/C19H13ClN6O4/c20-14-3-1-2-13(8-14)19-23-18(24-30-19)12-4-6-15(7-5-12)22-17(27)11-25-10-16(9-21-25)26(28)29/h1-10H,11H2,(H,22,27). The number of nitrogens with one attached hydrogen (secondary N) is 1. The van der Waals surface area contributed by atoms with Crippen LogP contribution < -0.4 is 5.32 Å². The van der Waals surface area contributed by atoms with E-state index in [4.69, 9.17) is 16.1 Å². The lowest BCUT2D eigenvalue weighted by atomic mass is 10.2. The molecule has 0 aliphatic rings. The number of anilines is 1. The van der Waals surface area contributed by atoms with Crippen molar-refractivity contribution in [3.63, 3.8) is 0 Å². The molecule has 150 valence electrons. The minimum atomic E-state index is -0.574. The summed E-state index contributed by atoms with van der Waals surface area (Å²) >= 11 is 5.98. The molecule has 0 aliphatic heterocycles. The number of carbonyl (C=O) groups excluding carboxylic acids is 1. The predicted molar refractivity (Wildman–Crippen MR) is 108 cm³/mol. The zero-order valence-corrected chi connectivity index (χ0v) is 16.0. The molecule has 1 amide bonds. The first-order chi connectivity index (χ1) is 14.5. The fourth-order valence-corrected chi connectivity index (χ4v) is 2.85. The Morgan fingerprint density at radius 1 is 1.20 bits per heavy atom. The van der Waals surface area contributed by atoms with Crippen LogP contribution in [0.3, 0.4) is 0 Å². The Labute approximate surface area is 174 Å². The summed E-state index contributed by atoms with van der Waals surface area (Å²) in [7, 11) is 0. The molecule has 0 saturated carbocycles. The first kappa shape index (κ1) is 19.3. The van der Waals surface area contributed by atoms with E-state index in [0.717, 1.165) is 6.20 Å². The van der Waals surface area contributed by atoms with Crippen molar-refractivity contribution in [3.8, 4) is 22.8 Å². The third kappa shape index (κ3) is 4.33. The number of benzene rings is 2. The number of rotatable bonds is 6. The lowest BCUT2D eigenvalue weighted by molar-refractivity contribution is -0.385. The molecule has 2 aromatic carbocycles. The molecule has 0 fully saturated rings. The molecular weight excluding hydrogens is 412 g/mol. The van der Waals surface area contributed by atoms with Crippen LogP contribution in [-0.4, -0.2) is 30.8 Å². The summed E-state index contributed by atoms with van der Waals surface area (Å²) in [6.45, 7) is -0.149. The highest BCUT2D eigenvalue weighted by Crippen LogP contribution is 2.25. The van der Waals surface area contributed by atoms with Crippen LogP contribution in [0.2, 0.25) is 5.02 Å². The molecular formula is C19H13ClN6O4. The Morgan fingerprint density at radius 2 is 2.00 bits per heavy atom. The van der Waals surface area contributed by atoms with Crippen molar-refractivity contribution < 1.29 is 14.2 Å². The van der Waals surface area contributed by atoms with Crippen molar-refractivity contribution in [3.05, 3.63) is 76.1 Å². The fourth-order valence-electron chi connectivity index (χ4n) is 2.66. The zero-order valence-electron chi connectivity index (χ0n) is 15.2. The van der Waals surface area contributed by atoms with Gasteiger partial charge in [-0.1, -0.05) is 22.8 Å². The molecule has 11 heteroatoms. The van der Waals surface area contributed by atoms with Gasteiger partial charge < -0.3 is 9.84 Å². The summed E-state index contributed by atoms with van der Waals surface area (Å²) in [5.74, 6) is 0.369. The summed E-state index contributed by atoms with van der Waals surface area (Å²) in [4.78, 5) is 26.6. The van der Waals surface area contributed by atoms with Crippen LogP contribution in [0.4, 0.5) is 11.4 Å². The van der Waals surface area contributed by atoms with Crippen molar-refractivity contribution in [2.45, 2.75) is 6.54 Å². The first-order valence-electron chi connectivity index (χ1n) is 8.65. The lowest BCUT2D eigenvalue weighted by Gasteiger charge is -2.05. The third-order valence-electron chi connectivity index (χ3n) is 4.06. The number of carbonyl (C=O) groups is 1. The SMILES string of the molecule is O=C(Cn1cc([N+](=O)[O-])cn1)Nc1ccc(-c2noc(-c3cccc(Cl)c3)n2)cc1. The van der Waals surface area contributed by atoms with Crippen molar-refractivity contribution in [1.82, 2.24) is 19.9 Å². The molecule has 0 atom stereocenters. The second-order valence-corrected chi connectivity index (χ2v) is 6.65. The van der Waals surface area contributed by atoms with Crippen molar-refractivity contribution >= 4 is 28.9 Å². The topological polar surface area (TPSA) is 129 Å². The van der Waals surface area contributed by atoms with E-state index >= 15 is 0 Å². The van der Waals surface area contributed by atoms with Gasteiger partial charge in [0.2, 0.25) is 11.7 Å². The molecule has 10 nitrogen and oxygen atoms in total. The molecule has 0 radical (unpaired) electrons. The summed E-state index contributed by atoms with van der Waals surface area (Å²) < 4.78 is 6.49. The quantitative estimate of drug-likeness (QED) is 0.368. The summed E-state index contributed by atoms with van der Waals surface area (Å²) in [6, 6.07) is 13.9. The van der Waals surface area contributed by atoms with Gasteiger partial charge in [-0.2, -0.15) is 10.1 Å². The van der Waals surface area contributed by atoms with Gasteiger partial charge in [0.05, 0.1) is 4.92 Å². The van der Waals surface area contributed by atoms with Gasteiger partial charge >= 0.3 is 5.69 Å². The van der Waals surface area contributed by atoms with E-state index in [1.165, 1.54) is 10.9 Å². The number of amides is 1. The van der Waals surface area contributed by atoms with Gasteiger partial charge in [0.25, 0.3) is 5.89 Å². The number of aromatic nitrogens is 4. The van der Waals surface area contributed by atoms with Crippen molar-refractivity contribution in [1.29, 1.82) is 0 Å². The molecule has 0 aliphatic carbocycles. The van der Waals surface area contributed by atoms with Gasteiger partial charge in [0.15, 0.2) is 0 Å². The van der Waals surface area contributed by atoms with Crippen molar-refractivity contribution in [2.24, 2.45) is 0 Å². The van der Waals surface area contributed by atoms with Crippen LogP contribution in [0.5, 0.6) is 0 Å². The smallest absolute Gasteiger partial charge is 0.307 e. The molecule has 2 heterocycles. The number of hydrogen-bond acceptors (Lipinski definition) is 7. The van der Waals surface area contributed by atoms with Crippen LogP contribution in [-0.2, 0) is 11.3 Å². The molecule has 0 unspecified atom stereocenters. The van der Waals surface area contributed by atoms with Gasteiger partial charge in [-0.3, -0.25) is 19.6 Å². The Hall–Kier alpha value is -4.05. The van der Waals surface area contributed by atoms with E-state index in [1.54, 1.807) is 42.5 Å². The Bertz CT molecular complexity index is 1220. The Kier molecular flexibility index (Phi) is 5.22. The van der Waals surface area contributed by atoms with Crippen LogP contribution in [0.15, 0.2) is 65.4 Å². The minimum Gasteiger partial charge on any atom is -0.334 e.